The standard InChI is InChI=1S/C22H35N3O2/c1-2-12-23-15-17-24(18-16-23)19-22(27)11-7-14-25(21(22)26)13-6-10-20-8-4-3-5-9-20/h3-5,8-9,27H,2,6-7,10-19H2,1H3. The van der Waals surface area contributed by atoms with Crippen LogP contribution in [0, 0.1) is 0 Å². The molecule has 5 nitrogen and oxygen atoms in total. The van der Waals surface area contributed by atoms with E-state index in [0.717, 1.165) is 65.1 Å². The summed E-state index contributed by atoms with van der Waals surface area (Å²) in [6, 6.07) is 10.4. The number of benzene rings is 1. The number of hydrogen-bond acceptors (Lipinski definition) is 4. The van der Waals surface area contributed by atoms with E-state index >= 15 is 0 Å². The van der Waals surface area contributed by atoms with Crippen molar-refractivity contribution in [2.24, 2.45) is 0 Å². The number of rotatable bonds is 8. The lowest BCUT2D eigenvalue weighted by Gasteiger charge is -2.43. The Bertz CT molecular complexity index is 586. The molecule has 1 N–H and O–H groups in total. The van der Waals surface area contributed by atoms with Gasteiger partial charge in [-0.2, -0.15) is 0 Å². The second-order valence-corrected chi connectivity index (χ2v) is 8.13. The summed E-state index contributed by atoms with van der Waals surface area (Å²) in [5.74, 6) is -0.0576. The molecule has 0 bridgehead atoms. The van der Waals surface area contributed by atoms with Gasteiger partial charge in [0.2, 0.25) is 0 Å². The number of β-amino-alcohol motifs (C(OH)–C–C–N with tert-alkyl or cyclic N) is 1. The zero-order valence-electron chi connectivity index (χ0n) is 16.8. The second-order valence-electron chi connectivity index (χ2n) is 8.13. The lowest BCUT2D eigenvalue weighted by molar-refractivity contribution is -0.160. The van der Waals surface area contributed by atoms with Crippen molar-refractivity contribution in [3.63, 3.8) is 0 Å². The van der Waals surface area contributed by atoms with Crippen molar-refractivity contribution in [1.29, 1.82) is 0 Å². The summed E-state index contributed by atoms with van der Waals surface area (Å²) >= 11 is 0. The van der Waals surface area contributed by atoms with Gasteiger partial charge in [0, 0.05) is 45.8 Å². The van der Waals surface area contributed by atoms with Gasteiger partial charge in [-0.3, -0.25) is 9.69 Å². The Morgan fingerprint density at radius 2 is 1.70 bits per heavy atom. The predicted molar refractivity (Wildman–Crippen MR) is 109 cm³/mol. The molecule has 1 atom stereocenters. The second kappa shape index (κ2) is 9.67. The fourth-order valence-corrected chi connectivity index (χ4v) is 4.40. The predicted octanol–water partition coefficient (Wildman–Crippen LogP) is 2.00. The van der Waals surface area contributed by atoms with E-state index in [4.69, 9.17) is 0 Å². The first kappa shape index (κ1) is 20.3. The molecule has 1 aromatic rings. The molecule has 3 rings (SSSR count). The van der Waals surface area contributed by atoms with E-state index in [1.54, 1.807) is 0 Å². The molecule has 27 heavy (non-hydrogen) atoms. The highest BCUT2D eigenvalue weighted by molar-refractivity contribution is 5.86. The van der Waals surface area contributed by atoms with Crippen LogP contribution in [-0.4, -0.2) is 83.7 Å². The molecular weight excluding hydrogens is 338 g/mol. The molecule has 150 valence electrons. The van der Waals surface area contributed by atoms with Crippen molar-refractivity contribution in [2.75, 3.05) is 52.4 Å². The summed E-state index contributed by atoms with van der Waals surface area (Å²) in [6.45, 7) is 9.33. The smallest absolute Gasteiger partial charge is 0.255 e. The number of nitrogens with zero attached hydrogens (tertiary/aromatic N) is 3. The van der Waals surface area contributed by atoms with Crippen LogP contribution in [0.4, 0.5) is 0 Å². The number of carbonyl (C=O) groups is 1. The van der Waals surface area contributed by atoms with Crippen molar-refractivity contribution in [2.45, 2.75) is 44.6 Å². The highest BCUT2D eigenvalue weighted by atomic mass is 16.3. The molecule has 0 spiro atoms. The van der Waals surface area contributed by atoms with Gasteiger partial charge in [0.25, 0.3) is 5.91 Å². The molecule has 0 aromatic heterocycles. The van der Waals surface area contributed by atoms with E-state index in [2.05, 4.69) is 41.0 Å². The first-order valence-corrected chi connectivity index (χ1v) is 10.6. The van der Waals surface area contributed by atoms with Gasteiger partial charge in [-0.1, -0.05) is 37.3 Å². The number of piperidine rings is 1. The van der Waals surface area contributed by atoms with E-state index in [0.29, 0.717) is 13.0 Å². The molecule has 5 heteroatoms. The van der Waals surface area contributed by atoms with Crippen molar-refractivity contribution in [3.8, 4) is 0 Å². The molecule has 1 amide bonds. The van der Waals surface area contributed by atoms with Gasteiger partial charge in [-0.25, -0.2) is 0 Å². The number of hydrogen-bond donors (Lipinski definition) is 1. The maximum Gasteiger partial charge on any atom is 0.255 e. The van der Waals surface area contributed by atoms with Gasteiger partial charge in [0.05, 0.1) is 0 Å². The summed E-state index contributed by atoms with van der Waals surface area (Å²) in [4.78, 5) is 19.6. The summed E-state index contributed by atoms with van der Waals surface area (Å²) in [6.07, 6.45) is 4.59. The minimum absolute atomic E-state index is 0.0576. The Labute approximate surface area is 163 Å². The van der Waals surface area contributed by atoms with Crippen LogP contribution in [0.3, 0.4) is 0 Å². The maximum absolute atomic E-state index is 13.0. The van der Waals surface area contributed by atoms with Gasteiger partial charge < -0.3 is 14.9 Å². The van der Waals surface area contributed by atoms with Gasteiger partial charge in [-0.05, 0) is 44.2 Å². The van der Waals surface area contributed by atoms with Gasteiger partial charge in [-0.15, -0.1) is 0 Å². The molecule has 1 aromatic carbocycles. The minimum atomic E-state index is -1.20. The molecule has 2 saturated heterocycles. The average molecular weight is 374 g/mol. The van der Waals surface area contributed by atoms with Crippen LogP contribution < -0.4 is 0 Å². The highest BCUT2D eigenvalue weighted by Crippen LogP contribution is 2.25. The minimum Gasteiger partial charge on any atom is -0.379 e. The summed E-state index contributed by atoms with van der Waals surface area (Å²) in [5, 5.41) is 11.1. The normalized spacial score (nSPS) is 25.1. The Balaban J connectivity index is 1.48. The quantitative estimate of drug-likeness (QED) is 0.757. The van der Waals surface area contributed by atoms with Crippen molar-refractivity contribution in [3.05, 3.63) is 35.9 Å². The first-order valence-electron chi connectivity index (χ1n) is 10.6. The molecule has 0 saturated carbocycles. The third kappa shape index (κ3) is 5.53. The van der Waals surface area contributed by atoms with Crippen molar-refractivity contribution in [1.82, 2.24) is 14.7 Å². The van der Waals surface area contributed by atoms with Gasteiger partial charge in [0.1, 0.15) is 0 Å². The number of carbonyl (C=O) groups excluding carboxylic acids is 1. The van der Waals surface area contributed by atoms with E-state index in [1.807, 2.05) is 11.0 Å². The third-order valence-corrected chi connectivity index (χ3v) is 5.93. The zero-order valence-corrected chi connectivity index (χ0v) is 16.8. The fourth-order valence-electron chi connectivity index (χ4n) is 4.40. The van der Waals surface area contributed by atoms with Crippen molar-refractivity contribution >= 4 is 5.91 Å². The Morgan fingerprint density at radius 1 is 1.00 bits per heavy atom. The van der Waals surface area contributed by atoms with Crippen molar-refractivity contribution < 1.29 is 9.90 Å². The Morgan fingerprint density at radius 3 is 2.41 bits per heavy atom. The lowest BCUT2D eigenvalue weighted by Crippen LogP contribution is -2.60. The average Bonchev–Trinajstić information content (AvgIpc) is 2.68. The van der Waals surface area contributed by atoms with Crippen LogP contribution in [0.5, 0.6) is 0 Å². The van der Waals surface area contributed by atoms with E-state index in [1.165, 1.54) is 12.0 Å². The molecule has 0 radical (unpaired) electrons. The molecule has 1 unspecified atom stereocenters. The number of aliphatic hydroxyl groups is 1. The molecule has 2 aliphatic heterocycles. The fraction of sp³-hybridized carbons (Fsp3) is 0.682. The van der Waals surface area contributed by atoms with Crippen LogP contribution >= 0.6 is 0 Å². The largest absolute Gasteiger partial charge is 0.379 e. The number of piperazine rings is 1. The molecule has 0 aliphatic carbocycles. The van der Waals surface area contributed by atoms with E-state index in [9.17, 15) is 9.90 Å². The number of aryl methyl sites for hydroxylation is 1. The topological polar surface area (TPSA) is 47.0 Å². The van der Waals surface area contributed by atoms with Gasteiger partial charge in [0.15, 0.2) is 5.60 Å². The van der Waals surface area contributed by atoms with Gasteiger partial charge >= 0.3 is 0 Å². The van der Waals surface area contributed by atoms with Crippen LogP contribution in [0.1, 0.15) is 38.2 Å². The third-order valence-electron chi connectivity index (χ3n) is 5.93. The zero-order chi connectivity index (χ0) is 19.1. The Hall–Kier alpha value is -1.43. The number of likely N-dealkylation sites (tertiary alicyclic amines) is 1. The summed E-state index contributed by atoms with van der Waals surface area (Å²) in [5.41, 5.74) is 0.111. The van der Waals surface area contributed by atoms with E-state index < -0.39 is 5.60 Å². The van der Waals surface area contributed by atoms with Crippen LogP contribution in [0.15, 0.2) is 30.3 Å². The molecular formula is C22H35N3O2. The summed E-state index contributed by atoms with van der Waals surface area (Å²) in [7, 11) is 0. The highest BCUT2D eigenvalue weighted by Gasteiger charge is 2.43. The first-order chi connectivity index (χ1) is 13.1. The Kier molecular flexibility index (Phi) is 7.27. The summed E-state index contributed by atoms with van der Waals surface area (Å²) < 4.78 is 0. The molecule has 2 heterocycles. The molecule has 2 fully saturated rings. The van der Waals surface area contributed by atoms with Crippen LogP contribution in [0.2, 0.25) is 0 Å². The monoisotopic (exact) mass is 373 g/mol. The lowest BCUT2D eigenvalue weighted by atomic mass is 9.90. The SMILES string of the molecule is CCCN1CCN(CC2(O)CCCN(CCCc3ccccc3)C2=O)CC1. The maximum atomic E-state index is 13.0. The van der Waals surface area contributed by atoms with Crippen LogP contribution in [-0.2, 0) is 11.2 Å². The van der Waals surface area contributed by atoms with E-state index in [-0.39, 0.29) is 5.91 Å². The number of amides is 1. The van der Waals surface area contributed by atoms with Crippen LogP contribution in [0.25, 0.3) is 0 Å². The molecule has 2 aliphatic rings.